The second-order valence-electron chi connectivity index (χ2n) is 8.69. The molecule has 5 nitrogen and oxygen atoms in total. The fourth-order valence-electron chi connectivity index (χ4n) is 3.59. The van der Waals surface area contributed by atoms with Crippen molar-refractivity contribution < 1.29 is 9.84 Å². The number of rotatable bonds is 6. The maximum absolute atomic E-state index is 10.5. The van der Waals surface area contributed by atoms with Crippen LogP contribution in [0.15, 0.2) is 42.6 Å². The van der Waals surface area contributed by atoms with Crippen LogP contribution in [0.1, 0.15) is 31.9 Å². The lowest BCUT2D eigenvalue weighted by atomic mass is 9.85. The molecule has 0 aliphatic carbocycles. The Balaban J connectivity index is 1.49. The fraction of sp³-hybridized carbons (Fsp3) is 0.522. The van der Waals surface area contributed by atoms with Crippen molar-refractivity contribution in [3.63, 3.8) is 0 Å². The van der Waals surface area contributed by atoms with Crippen molar-refractivity contribution >= 4 is 5.82 Å². The highest BCUT2D eigenvalue weighted by Gasteiger charge is 2.22. The second-order valence-corrected chi connectivity index (χ2v) is 8.69. The molecule has 152 valence electrons. The van der Waals surface area contributed by atoms with Crippen molar-refractivity contribution in [2.75, 3.05) is 44.2 Å². The van der Waals surface area contributed by atoms with Crippen LogP contribution in [0.5, 0.6) is 5.75 Å². The molecule has 0 amide bonds. The van der Waals surface area contributed by atoms with E-state index in [1.165, 1.54) is 11.1 Å². The van der Waals surface area contributed by atoms with E-state index in [0.717, 1.165) is 37.7 Å². The number of aryl methyl sites for hydroxylation is 1. The van der Waals surface area contributed by atoms with Crippen LogP contribution < -0.4 is 9.64 Å². The van der Waals surface area contributed by atoms with Gasteiger partial charge in [-0.25, -0.2) is 4.98 Å². The number of hydrogen-bond donors (Lipinski definition) is 1. The van der Waals surface area contributed by atoms with Crippen LogP contribution in [0.25, 0.3) is 0 Å². The van der Waals surface area contributed by atoms with Gasteiger partial charge in [0.15, 0.2) is 0 Å². The Bertz CT molecular complexity index is 750. The first-order valence-corrected chi connectivity index (χ1v) is 10.1. The number of nitrogens with zero attached hydrogens (tertiary/aromatic N) is 3. The van der Waals surface area contributed by atoms with E-state index in [2.05, 4.69) is 54.6 Å². The van der Waals surface area contributed by atoms with Gasteiger partial charge in [0.1, 0.15) is 24.3 Å². The maximum atomic E-state index is 10.5. The van der Waals surface area contributed by atoms with Crippen LogP contribution in [0, 0.1) is 6.92 Å². The number of hydrogen-bond acceptors (Lipinski definition) is 5. The highest BCUT2D eigenvalue weighted by atomic mass is 16.5. The molecule has 3 rings (SSSR count). The van der Waals surface area contributed by atoms with Gasteiger partial charge in [-0.1, -0.05) is 44.5 Å². The molecule has 1 aromatic carbocycles. The summed E-state index contributed by atoms with van der Waals surface area (Å²) in [4.78, 5) is 9.02. The first-order chi connectivity index (χ1) is 13.3. The molecule has 1 N–H and O–H groups in total. The lowest BCUT2D eigenvalue weighted by Crippen LogP contribution is -2.49. The maximum Gasteiger partial charge on any atom is 0.128 e. The van der Waals surface area contributed by atoms with Crippen molar-refractivity contribution in [2.45, 2.75) is 39.2 Å². The van der Waals surface area contributed by atoms with Crippen LogP contribution in [0.4, 0.5) is 5.82 Å². The Labute approximate surface area is 169 Å². The number of aromatic nitrogens is 1. The summed E-state index contributed by atoms with van der Waals surface area (Å²) in [5.41, 5.74) is 2.42. The highest BCUT2D eigenvalue weighted by molar-refractivity contribution is 5.41. The number of piperazine rings is 1. The van der Waals surface area contributed by atoms with Crippen molar-refractivity contribution in [1.29, 1.82) is 0 Å². The molecule has 1 aliphatic heterocycles. The minimum Gasteiger partial charge on any atom is -0.491 e. The molecular formula is C23H33N3O2. The molecule has 0 radical (unpaired) electrons. The molecule has 0 spiro atoms. The summed E-state index contributed by atoms with van der Waals surface area (Å²) < 4.78 is 6.02. The Morgan fingerprint density at radius 2 is 1.86 bits per heavy atom. The normalized spacial score (nSPS) is 16.8. The summed E-state index contributed by atoms with van der Waals surface area (Å²) in [6.07, 6.45) is 1.33. The molecule has 0 unspecified atom stereocenters. The predicted octanol–water partition coefficient (Wildman–Crippen LogP) is 3.25. The molecule has 1 atom stereocenters. The van der Waals surface area contributed by atoms with Gasteiger partial charge in [0.2, 0.25) is 0 Å². The minimum atomic E-state index is -0.504. The van der Waals surface area contributed by atoms with Gasteiger partial charge in [0.25, 0.3) is 0 Å². The lowest BCUT2D eigenvalue weighted by Gasteiger charge is -2.36. The first-order valence-electron chi connectivity index (χ1n) is 10.1. The number of anilines is 1. The molecule has 0 bridgehead atoms. The number of aliphatic hydroxyl groups excluding tert-OH is 1. The topological polar surface area (TPSA) is 48.8 Å². The molecule has 5 heteroatoms. The van der Waals surface area contributed by atoms with E-state index in [9.17, 15) is 5.11 Å². The fourth-order valence-corrected chi connectivity index (χ4v) is 3.59. The third kappa shape index (κ3) is 5.46. The number of aliphatic hydroxyl groups is 1. The third-order valence-electron chi connectivity index (χ3n) is 5.19. The van der Waals surface area contributed by atoms with E-state index in [4.69, 9.17) is 4.74 Å². The van der Waals surface area contributed by atoms with Crippen LogP contribution >= 0.6 is 0 Å². The molecule has 1 aliphatic rings. The average molecular weight is 384 g/mol. The Kier molecular flexibility index (Phi) is 6.57. The molecule has 28 heavy (non-hydrogen) atoms. The van der Waals surface area contributed by atoms with Gasteiger partial charge < -0.3 is 14.7 Å². The van der Waals surface area contributed by atoms with E-state index in [0.29, 0.717) is 13.2 Å². The van der Waals surface area contributed by atoms with Gasteiger partial charge in [0, 0.05) is 38.9 Å². The van der Waals surface area contributed by atoms with Gasteiger partial charge in [0.05, 0.1) is 0 Å². The summed E-state index contributed by atoms with van der Waals surface area (Å²) in [6, 6.07) is 12.3. The van der Waals surface area contributed by atoms with Gasteiger partial charge in [-0.3, -0.25) is 4.90 Å². The van der Waals surface area contributed by atoms with Crippen LogP contribution in [0.2, 0.25) is 0 Å². The van der Waals surface area contributed by atoms with E-state index < -0.39 is 6.10 Å². The monoisotopic (exact) mass is 383 g/mol. The quantitative estimate of drug-likeness (QED) is 0.830. The molecule has 0 saturated carbocycles. The summed E-state index contributed by atoms with van der Waals surface area (Å²) in [5, 5.41) is 10.5. The van der Waals surface area contributed by atoms with Crippen LogP contribution in [-0.4, -0.2) is 60.4 Å². The van der Waals surface area contributed by atoms with E-state index in [1.54, 1.807) is 0 Å². The van der Waals surface area contributed by atoms with Crippen molar-refractivity contribution in [3.8, 4) is 5.75 Å². The minimum absolute atomic E-state index is 0.00804. The number of β-amino-alcohol motifs (C(OH)–C–C–N with tert-alkyl or cyclic N) is 1. The zero-order valence-corrected chi connectivity index (χ0v) is 17.6. The van der Waals surface area contributed by atoms with Crippen molar-refractivity contribution in [1.82, 2.24) is 9.88 Å². The average Bonchev–Trinajstić information content (AvgIpc) is 2.67. The zero-order valence-electron chi connectivity index (χ0n) is 17.6. The highest BCUT2D eigenvalue weighted by Crippen LogP contribution is 2.32. The molecule has 2 heterocycles. The second kappa shape index (κ2) is 8.93. The molecule has 2 aromatic rings. The van der Waals surface area contributed by atoms with Gasteiger partial charge in [-0.2, -0.15) is 0 Å². The van der Waals surface area contributed by atoms with Gasteiger partial charge in [-0.15, -0.1) is 0 Å². The Morgan fingerprint density at radius 3 is 2.50 bits per heavy atom. The summed E-state index contributed by atoms with van der Waals surface area (Å²) in [5.74, 6) is 1.90. The lowest BCUT2D eigenvalue weighted by molar-refractivity contribution is 0.0656. The van der Waals surface area contributed by atoms with Crippen LogP contribution in [0.3, 0.4) is 0 Å². The third-order valence-corrected chi connectivity index (χ3v) is 5.19. The van der Waals surface area contributed by atoms with E-state index >= 15 is 0 Å². The standard InChI is InChI=1S/C23H33N3O2/c1-18-8-9-21(20(15-18)23(2,3)4)28-17-19(27)16-25-11-13-26(14-12-25)22-7-5-6-10-24-22/h5-10,15,19,27H,11-14,16-17H2,1-4H3/t19-/m0/s1. The summed E-state index contributed by atoms with van der Waals surface area (Å²) in [6.45, 7) is 13.3. The predicted molar refractivity (Wildman–Crippen MR) is 114 cm³/mol. The van der Waals surface area contributed by atoms with Crippen molar-refractivity contribution in [2.24, 2.45) is 0 Å². The summed E-state index contributed by atoms with van der Waals surface area (Å²) in [7, 11) is 0. The Hall–Kier alpha value is -2.11. The van der Waals surface area contributed by atoms with E-state index in [1.807, 2.05) is 30.5 Å². The summed E-state index contributed by atoms with van der Waals surface area (Å²) >= 11 is 0. The smallest absolute Gasteiger partial charge is 0.128 e. The van der Waals surface area contributed by atoms with Crippen molar-refractivity contribution in [3.05, 3.63) is 53.7 Å². The SMILES string of the molecule is Cc1ccc(OC[C@@H](O)CN2CCN(c3ccccn3)CC2)c(C(C)(C)C)c1. The van der Waals surface area contributed by atoms with E-state index in [-0.39, 0.29) is 5.41 Å². The van der Waals surface area contributed by atoms with Gasteiger partial charge >= 0.3 is 0 Å². The number of ether oxygens (including phenoxy) is 1. The molecule has 1 saturated heterocycles. The first kappa shape index (κ1) is 20.6. The number of benzene rings is 1. The largest absolute Gasteiger partial charge is 0.491 e. The molecular weight excluding hydrogens is 350 g/mol. The Morgan fingerprint density at radius 1 is 1.11 bits per heavy atom. The molecule has 1 fully saturated rings. The van der Waals surface area contributed by atoms with Gasteiger partial charge in [-0.05, 0) is 36.1 Å². The molecule has 1 aromatic heterocycles. The van der Waals surface area contributed by atoms with Crippen LogP contribution in [-0.2, 0) is 5.41 Å². The number of pyridine rings is 1. The zero-order chi connectivity index (χ0) is 20.1.